The molecule has 1 aliphatic heterocycles. The van der Waals surface area contributed by atoms with Crippen molar-refractivity contribution in [1.29, 1.82) is 0 Å². The summed E-state index contributed by atoms with van der Waals surface area (Å²) in [7, 11) is 0. The van der Waals surface area contributed by atoms with E-state index >= 15 is 0 Å². The molecular formula is C17H15F4N5O2. The summed E-state index contributed by atoms with van der Waals surface area (Å²) < 4.78 is 62.1. The molecule has 1 N–H and O–H groups in total. The first-order chi connectivity index (χ1) is 13.4. The predicted octanol–water partition coefficient (Wildman–Crippen LogP) is 3.79. The Bertz CT molecular complexity index is 985. The molecule has 148 valence electrons. The summed E-state index contributed by atoms with van der Waals surface area (Å²) in [5.74, 6) is -0.199. The molecular weight excluding hydrogens is 382 g/mol. The van der Waals surface area contributed by atoms with Crippen molar-refractivity contribution < 1.29 is 27.0 Å². The molecule has 1 saturated heterocycles. The van der Waals surface area contributed by atoms with Gasteiger partial charge >= 0.3 is 12.4 Å². The van der Waals surface area contributed by atoms with Gasteiger partial charge in [0.15, 0.2) is 17.0 Å². The quantitative estimate of drug-likeness (QED) is 0.522. The Labute approximate surface area is 156 Å². The van der Waals surface area contributed by atoms with Gasteiger partial charge in [0, 0.05) is 13.2 Å². The average molecular weight is 397 g/mol. The molecule has 0 saturated carbocycles. The van der Waals surface area contributed by atoms with Crippen molar-refractivity contribution in [2.45, 2.75) is 32.0 Å². The third-order valence-corrected chi connectivity index (χ3v) is 4.20. The van der Waals surface area contributed by atoms with Crippen molar-refractivity contribution >= 4 is 17.0 Å². The van der Waals surface area contributed by atoms with Crippen LogP contribution >= 0.6 is 0 Å². The molecule has 28 heavy (non-hydrogen) atoms. The second kappa shape index (κ2) is 7.23. The van der Waals surface area contributed by atoms with Crippen LogP contribution in [0.1, 0.15) is 24.6 Å². The first-order valence-electron chi connectivity index (χ1n) is 8.49. The summed E-state index contributed by atoms with van der Waals surface area (Å²) in [5.41, 5.74) is 1.13. The predicted molar refractivity (Wildman–Crippen MR) is 90.0 cm³/mol. The van der Waals surface area contributed by atoms with Gasteiger partial charge in [-0.05, 0) is 30.5 Å². The topological polar surface area (TPSA) is 74.1 Å². The lowest BCUT2D eigenvalue weighted by atomic mass is 10.2. The summed E-state index contributed by atoms with van der Waals surface area (Å²) >= 11 is 0. The molecule has 11 heteroatoms. The van der Waals surface area contributed by atoms with Crippen LogP contribution in [0.3, 0.4) is 0 Å². The van der Waals surface area contributed by atoms with E-state index in [9.17, 15) is 17.6 Å². The second-order valence-electron chi connectivity index (χ2n) is 6.18. The Hall–Kier alpha value is -2.95. The maximum absolute atomic E-state index is 13.9. The third-order valence-electron chi connectivity index (χ3n) is 4.20. The first kappa shape index (κ1) is 18.4. The molecule has 0 spiro atoms. The largest absolute Gasteiger partial charge is 0.573 e. The highest BCUT2D eigenvalue weighted by atomic mass is 19.4. The molecule has 2 aromatic heterocycles. The van der Waals surface area contributed by atoms with Crippen LogP contribution in [-0.2, 0) is 11.3 Å². The Morgan fingerprint density at radius 1 is 1.29 bits per heavy atom. The zero-order chi connectivity index (χ0) is 19.7. The van der Waals surface area contributed by atoms with E-state index in [0.29, 0.717) is 17.7 Å². The van der Waals surface area contributed by atoms with E-state index in [1.54, 1.807) is 10.6 Å². The molecule has 1 atom stereocenters. The zero-order valence-electron chi connectivity index (χ0n) is 14.4. The fourth-order valence-electron chi connectivity index (χ4n) is 3.04. The maximum atomic E-state index is 13.9. The fourth-order valence-corrected chi connectivity index (χ4v) is 3.04. The molecule has 1 aliphatic rings. The van der Waals surface area contributed by atoms with Gasteiger partial charge in [-0.2, -0.15) is 14.4 Å². The number of anilines is 1. The summed E-state index contributed by atoms with van der Waals surface area (Å²) in [6, 6.07) is 5.47. The standard InChI is InChI=1S/C17H15F4N5O2/c18-16-24-14(13-15(25-16)26(9-23-13)12-5-2-6-27-12)22-8-10-3-1-4-11(7-10)28-17(19,20)21/h1,3-4,7,9,12H,2,5-6,8H2,(H,22,24,25). The van der Waals surface area contributed by atoms with Gasteiger partial charge in [-0.25, -0.2) is 4.98 Å². The Balaban J connectivity index is 1.56. The highest BCUT2D eigenvalue weighted by Gasteiger charge is 2.31. The monoisotopic (exact) mass is 397 g/mol. The first-order valence-corrected chi connectivity index (χ1v) is 8.49. The van der Waals surface area contributed by atoms with Gasteiger partial charge in [-0.15, -0.1) is 13.2 Å². The van der Waals surface area contributed by atoms with E-state index in [4.69, 9.17) is 4.74 Å². The van der Waals surface area contributed by atoms with Gasteiger partial charge in [0.1, 0.15) is 12.0 Å². The number of aromatic nitrogens is 4. The van der Waals surface area contributed by atoms with Crippen LogP contribution in [0.4, 0.5) is 23.4 Å². The summed E-state index contributed by atoms with van der Waals surface area (Å²) in [5, 5.41) is 2.89. The highest BCUT2D eigenvalue weighted by Crippen LogP contribution is 2.28. The van der Waals surface area contributed by atoms with Crippen molar-refractivity contribution in [1.82, 2.24) is 19.5 Å². The molecule has 0 aliphatic carbocycles. The molecule has 1 unspecified atom stereocenters. The van der Waals surface area contributed by atoms with Crippen LogP contribution in [0.5, 0.6) is 5.75 Å². The van der Waals surface area contributed by atoms with E-state index in [2.05, 4.69) is 25.0 Å². The normalized spacial score (nSPS) is 17.2. The van der Waals surface area contributed by atoms with Crippen LogP contribution in [0.2, 0.25) is 0 Å². The lowest BCUT2D eigenvalue weighted by Crippen LogP contribution is -2.17. The van der Waals surface area contributed by atoms with Crippen LogP contribution in [-0.4, -0.2) is 32.5 Å². The number of fused-ring (bicyclic) bond motifs is 1. The van der Waals surface area contributed by atoms with Crippen molar-refractivity contribution in [2.75, 3.05) is 11.9 Å². The highest BCUT2D eigenvalue weighted by molar-refractivity contribution is 5.82. The van der Waals surface area contributed by atoms with Crippen LogP contribution in [0.15, 0.2) is 30.6 Å². The lowest BCUT2D eigenvalue weighted by Gasteiger charge is -2.12. The van der Waals surface area contributed by atoms with Gasteiger partial charge in [0.25, 0.3) is 0 Å². The van der Waals surface area contributed by atoms with Gasteiger partial charge in [0.2, 0.25) is 0 Å². The Morgan fingerprint density at radius 2 is 2.14 bits per heavy atom. The van der Waals surface area contributed by atoms with E-state index in [-0.39, 0.29) is 30.0 Å². The number of hydrogen-bond acceptors (Lipinski definition) is 6. The number of halogens is 4. The van der Waals surface area contributed by atoms with Gasteiger partial charge in [0.05, 0.1) is 6.33 Å². The number of nitrogens with one attached hydrogen (secondary N) is 1. The van der Waals surface area contributed by atoms with Gasteiger partial charge in [-0.3, -0.25) is 4.57 Å². The summed E-state index contributed by atoms with van der Waals surface area (Å²) in [4.78, 5) is 11.8. The van der Waals surface area contributed by atoms with E-state index in [1.165, 1.54) is 24.5 Å². The number of benzene rings is 1. The van der Waals surface area contributed by atoms with Crippen LogP contribution in [0.25, 0.3) is 11.2 Å². The van der Waals surface area contributed by atoms with Crippen molar-refractivity contribution in [3.63, 3.8) is 0 Å². The summed E-state index contributed by atoms with van der Waals surface area (Å²) in [6.07, 6.45) is -2.81. The summed E-state index contributed by atoms with van der Waals surface area (Å²) in [6.45, 7) is 0.701. The van der Waals surface area contributed by atoms with Crippen LogP contribution in [0, 0.1) is 6.08 Å². The fraction of sp³-hybridized carbons (Fsp3) is 0.353. The molecule has 0 bridgehead atoms. The van der Waals surface area contributed by atoms with Gasteiger partial charge in [-0.1, -0.05) is 12.1 Å². The molecule has 4 rings (SSSR count). The molecule has 1 aromatic carbocycles. The smallest absolute Gasteiger partial charge is 0.406 e. The van der Waals surface area contributed by atoms with E-state index < -0.39 is 12.4 Å². The number of nitrogens with zero attached hydrogens (tertiary/aromatic N) is 4. The minimum absolute atomic E-state index is 0.0907. The maximum Gasteiger partial charge on any atom is 0.573 e. The zero-order valence-corrected chi connectivity index (χ0v) is 14.4. The average Bonchev–Trinajstić information content (AvgIpc) is 3.27. The van der Waals surface area contributed by atoms with Crippen molar-refractivity contribution in [2.24, 2.45) is 0 Å². The molecule has 3 heterocycles. The molecule has 0 radical (unpaired) electrons. The molecule has 1 fully saturated rings. The number of imidazole rings is 1. The third kappa shape index (κ3) is 3.98. The molecule has 0 amide bonds. The van der Waals surface area contributed by atoms with Crippen molar-refractivity contribution in [3.8, 4) is 5.75 Å². The number of ether oxygens (including phenoxy) is 2. The van der Waals surface area contributed by atoms with Crippen LogP contribution < -0.4 is 10.1 Å². The lowest BCUT2D eigenvalue weighted by molar-refractivity contribution is -0.274. The minimum atomic E-state index is -4.77. The minimum Gasteiger partial charge on any atom is -0.406 e. The number of hydrogen-bond donors (Lipinski definition) is 1. The van der Waals surface area contributed by atoms with Crippen molar-refractivity contribution in [3.05, 3.63) is 42.2 Å². The Morgan fingerprint density at radius 3 is 2.89 bits per heavy atom. The Kier molecular flexibility index (Phi) is 4.75. The molecule has 3 aromatic rings. The van der Waals surface area contributed by atoms with E-state index in [0.717, 1.165) is 12.8 Å². The molecule has 7 nitrogen and oxygen atoms in total. The number of rotatable bonds is 5. The van der Waals surface area contributed by atoms with E-state index in [1.807, 2.05) is 0 Å². The SMILES string of the molecule is Fc1nc(NCc2cccc(OC(F)(F)F)c2)c2ncn(C3CCCO3)c2n1. The second-order valence-corrected chi connectivity index (χ2v) is 6.18. The number of alkyl halides is 3. The van der Waals surface area contributed by atoms with Gasteiger partial charge < -0.3 is 14.8 Å².